The van der Waals surface area contributed by atoms with Crippen molar-refractivity contribution >= 4 is 38.1 Å². The Balaban J connectivity index is 1.31. The Morgan fingerprint density at radius 1 is 1.14 bits per heavy atom. The van der Waals surface area contributed by atoms with Crippen LogP contribution in [0.2, 0.25) is 0 Å². The summed E-state index contributed by atoms with van der Waals surface area (Å²) < 4.78 is 7.72. The second-order valence-electron chi connectivity index (χ2n) is 7.47. The maximum atomic E-state index is 6.34. The molecule has 0 spiro atoms. The second kappa shape index (κ2) is 7.08. The van der Waals surface area contributed by atoms with Crippen molar-refractivity contribution in [2.75, 3.05) is 18.8 Å². The van der Waals surface area contributed by atoms with Crippen LogP contribution in [0.25, 0.3) is 21.0 Å². The zero-order valence-electron chi connectivity index (χ0n) is 15.9. The minimum atomic E-state index is 0.184. The van der Waals surface area contributed by atoms with Gasteiger partial charge in [0, 0.05) is 34.6 Å². The SMILES string of the molecule is Cc1c(CN2CCC(Oc3cccc4ccc(N)nc34)C2)sc2ccccc12. The molecule has 1 fully saturated rings. The summed E-state index contributed by atoms with van der Waals surface area (Å²) in [5, 5.41) is 2.44. The third kappa shape index (κ3) is 3.21. The average molecular weight is 390 g/mol. The standard InChI is InChI=1S/C23H23N3OS/c1-15-18-6-2-3-8-20(18)28-21(15)14-26-12-11-17(13-26)27-19-7-4-5-16-9-10-22(24)25-23(16)19/h2-10,17H,11-14H2,1H3,(H2,24,25). The number of benzene rings is 2. The molecule has 0 aliphatic carbocycles. The number of thiophene rings is 1. The van der Waals surface area contributed by atoms with Crippen LogP contribution in [0.1, 0.15) is 16.9 Å². The molecular weight excluding hydrogens is 366 g/mol. The number of aromatic nitrogens is 1. The van der Waals surface area contributed by atoms with Crippen molar-refractivity contribution in [2.45, 2.75) is 26.0 Å². The number of ether oxygens (including phenoxy) is 1. The number of para-hydroxylation sites is 1. The molecule has 0 saturated carbocycles. The van der Waals surface area contributed by atoms with E-state index in [1.54, 1.807) is 0 Å². The number of hydrogen-bond donors (Lipinski definition) is 1. The first-order valence-electron chi connectivity index (χ1n) is 9.68. The van der Waals surface area contributed by atoms with Crippen LogP contribution in [0.3, 0.4) is 0 Å². The average Bonchev–Trinajstić information content (AvgIpc) is 3.27. The van der Waals surface area contributed by atoms with E-state index in [2.05, 4.69) is 41.1 Å². The molecule has 1 unspecified atom stereocenters. The van der Waals surface area contributed by atoms with Gasteiger partial charge in [-0.3, -0.25) is 4.90 Å². The van der Waals surface area contributed by atoms with Gasteiger partial charge in [0.15, 0.2) is 0 Å². The van der Waals surface area contributed by atoms with E-state index in [0.29, 0.717) is 5.82 Å². The van der Waals surface area contributed by atoms with Crippen LogP contribution >= 0.6 is 11.3 Å². The summed E-state index contributed by atoms with van der Waals surface area (Å²) in [6, 6.07) is 18.6. The van der Waals surface area contributed by atoms with Gasteiger partial charge in [-0.25, -0.2) is 4.98 Å². The first kappa shape index (κ1) is 17.5. The van der Waals surface area contributed by atoms with Gasteiger partial charge in [0.2, 0.25) is 0 Å². The van der Waals surface area contributed by atoms with Gasteiger partial charge in [-0.15, -0.1) is 11.3 Å². The fourth-order valence-corrected chi connectivity index (χ4v) is 5.28. The fourth-order valence-electron chi connectivity index (χ4n) is 4.03. The third-order valence-corrected chi connectivity index (χ3v) is 6.79. The van der Waals surface area contributed by atoms with E-state index < -0.39 is 0 Å². The number of nitrogen functional groups attached to an aromatic ring is 1. The van der Waals surface area contributed by atoms with E-state index in [9.17, 15) is 0 Å². The molecule has 2 aromatic heterocycles. The lowest BCUT2D eigenvalue weighted by Gasteiger charge is -2.17. The van der Waals surface area contributed by atoms with E-state index >= 15 is 0 Å². The number of hydrogen-bond acceptors (Lipinski definition) is 5. The molecule has 0 amide bonds. The van der Waals surface area contributed by atoms with E-state index in [1.807, 2.05) is 41.7 Å². The van der Waals surface area contributed by atoms with Gasteiger partial charge < -0.3 is 10.5 Å². The molecule has 2 N–H and O–H groups in total. The molecule has 4 aromatic rings. The number of aryl methyl sites for hydroxylation is 1. The van der Waals surface area contributed by atoms with Crippen molar-refractivity contribution in [1.29, 1.82) is 0 Å². The molecule has 1 aliphatic heterocycles. The van der Waals surface area contributed by atoms with E-state index in [-0.39, 0.29) is 6.10 Å². The summed E-state index contributed by atoms with van der Waals surface area (Å²) in [4.78, 5) is 8.44. The number of nitrogens with two attached hydrogens (primary N) is 1. The minimum Gasteiger partial charge on any atom is -0.487 e. The molecule has 142 valence electrons. The number of nitrogens with zero attached hydrogens (tertiary/aromatic N) is 2. The predicted octanol–water partition coefficient (Wildman–Crippen LogP) is 4.99. The summed E-state index contributed by atoms with van der Waals surface area (Å²) in [5.41, 5.74) is 8.15. The Bertz CT molecular complexity index is 1150. The Morgan fingerprint density at radius 2 is 2.04 bits per heavy atom. The quantitative estimate of drug-likeness (QED) is 0.534. The van der Waals surface area contributed by atoms with E-state index in [1.165, 1.54) is 20.5 Å². The molecular formula is C23H23N3OS. The summed E-state index contributed by atoms with van der Waals surface area (Å²) in [6.45, 7) is 5.22. The largest absolute Gasteiger partial charge is 0.487 e. The highest BCUT2D eigenvalue weighted by molar-refractivity contribution is 7.19. The van der Waals surface area contributed by atoms with Crippen LogP contribution in [0.15, 0.2) is 54.6 Å². The van der Waals surface area contributed by atoms with E-state index in [0.717, 1.165) is 42.7 Å². The van der Waals surface area contributed by atoms with Crippen LogP contribution in [0.5, 0.6) is 5.75 Å². The van der Waals surface area contributed by atoms with Crippen LogP contribution in [0, 0.1) is 6.92 Å². The monoisotopic (exact) mass is 389 g/mol. The van der Waals surface area contributed by atoms with Crippen molar-refractivity contribution < 1.29 is 4.74 Å². The van der Waals surface area contributed by atoms with Gasteiger partial charge >= 0.3 is 0 Å². The van der Waals surface area contributed by atoms with Gasteiger partial charge in [-0.1, -0.05) is 30.3 Å². The van der Waals surface area contributed by atoms with Crippen molar-refractivity contribution in [3.05, 3.63) is 65.0 Å². The highest BCUT2D eigenvalue weighted by atomic mass is 32.1. The topological polar surface area (TPSA) is 51.4 Å². The molecule has 1 saturated heterocycles. The molecule has 0 radical (unpaired) electrons. The summed E-state index contributed by atoms with van der Waals surface area (Å²) in [6.07, 6.45) is 1.21. The van der Waals surface area contributed by atoms with Crippen LogP contribution in [-0.2, 0) is 6.54 Å². The van der Waals surface area contributed by atoms with Gasteiger partial charge in [0.1, 0.15) is 23.2 Å². The van der Waals surface area contributed by atoms with Gasteiger partial charge in [0.05, 0.1) is 0 Å². The predicted molar refractivity (Wildman–Crippen MR) is 117 cm³/mol. The van der Waals surface area contributed by atoms with Crippen molar-refractivity contribution in [3.63, 3.8) is 0 Å². The number of pyridine rings is 1. The van der Waals surface area contributed by atoms with Crippen LogP contribution in [-0.4, -0.2) is 29.1 Å². The first-order valence-corrected chi connectivity index (χ1v) is 10.5. The number of rotatable bonds is 4. The highest BCUT2D eigenvalue weighted by Crippen LogP contribution is 2.33. The third-order valence-electron chi connectivity index (χ3n) is 5.54. The maximum absolute atomic E-state index is 6.34. The second-order valence-corrected chi connectivity index (χ2v) is 8.61. The zero-order valence-corrected chi connectivity index (χ0v) is 16.7. The smallest absolute Gasteiger partial charge is 0.146 e. The Morgan fingerprint density at radius 3 is 2.93 bits per heavy atom. The molecule has 28 heavy (non-hydrogen) atoms. The van der Waals surface area contributed by atoms with Gasteiger partial charge in [0.25, 0.3) is 0 Å². The lowest BCUT2D eigenvalue weighted by Crippen LogP contribution is -2.24. The lowest BCUT2D eigenvalue weighted by molar-refractivity contribution is 0.200. The first-order chi connectivity index (χ1) is 13.7. The van der Waals surface area contributed by atoms with Crippen LogP contribution in [0.4, 0.5) is 5.82 Å². The number of anilines is 1. The van der Waals surface area contributed by atoms with Gasteiger partial charge in [-0.2, -0.15) is 0 Å². The summed E-state index contributed by atoms with van der Waals surface area (Å²) in [7, 11) is 0. The number of fused-ring (bicyclic) bond motifs is 2. The number of likely N-dealkylation sites (tertiary alicyclic amines) is 1. The molecule has 0 bridgehead atoms. The summed E-state index contributed by atoms with van der Waals surface area (Å²) >= 11 is 1.91. The Kier molecular flexibility index (Phi) is 4.41. The van der Waals surface area contributed by atoms with Crippen molar-refractivity contribution in [2.24, 2.45) is 0 Å². The molecule has 5 rings (SSSR count). The maximum Gasteiger partial charge on any atom is 0.146 e. The molecule has 1 aliphatic rings. The highest BCUT2D eigenvalue weighted by Gasteiger charge is 2.25. The molecule has 2 aromatic carbocycles. The zero-order chi connectivity index (χ0) is 19.1. The van der Waals surface area contributed by atoms with Gasteiger partial charge in [-0.05, 0) is 48.6 Å². The molecule has 1 atom stereocenters. The van der Waals surface area contributed by atoms with Crippen molar-refractivity contribution in [3.8, 4) is 5.75 Å². The normalized spacial score (nSPS) is 17.5. The fraction of sp³-hybridized carbons (Fsp3) is 0.261. The Labute approximate surface area is 168 Å². The molecule has 3 heterocycles. The molecule has 5 heteroatoms. The van der Waals surface area contributed by atoms with Crippen molar-refractivity contribution in [1.82, 2.24) is 9.88 Å². The van der Waals surface area contributed by atoms with E-state index in [4.69, 9.17) is 10.5 Å². The Hall–Kier alpha value is -2.63. The lowest BCUT2D eigenvalue weighted by atomic mass is 10.1. The minimum absolute atomic E-state index is 0.184. The summed E-state index contributed by atoms with van der Waals surface area (Å²) in [5.74, 6) is 1.35. The van der Waals surface area contributed by atoms with Crippen LogP contribution < -0.4 is 10.5 Å². The molecule has 4 nitrogen and oxygen atoms in total.